The van der Waals surface area contributed by atoms with E-state index in [1.165, 1.54) is 18.2 Å². The minimum atomic E-state index is -3.76. The number of hydrogen-bond donors (Lipinski definition) is 4. The Morgan fingerprint density at radius 3 is 2.52 bits per heavy atom. The summed E-state index contributed by atoms with van der Waals surface area (Å²) in [5.74, 6) is -1.98. The van der Waals surface area contributed by atoms with Crippen LogP contribution in [-0.2, 0) is 19.6 Å². The van der Waals surface area contributed by atoms with E-state index in [1.54, 1.807) is 13.0 Å². The van der Waals surface area contributed by atoms with E-state index in [0.29, 0.717) is 0 Å². The second-order valence-corrected chi connectivity index (χ2v) is 5.93. The number of amides is 1. The molecule has 1 atom stereocenters. The predicted molar refractivity (Wildman–Crippen MR) is 76.2 cm³/mol. The summed E-state index contributed by atoms with van der Waals surface area (Å²) >= 11 is 0. The largest absolute Gasteiger partial charge is 0.481 e. The quantitative estimate of drug-likeness (QED) is 0.546. The van der Waals surface area contributed by atoms with Crippen molar-refractivity contribution in [1.29, 1.82) is 0 Å². The number of carboxylic acid groups (broad SMARTS) is 1. The van der Waals surface area contributed by atoms with Gasteiger partial charge in [-0.05, 0) is 12.1 Å². The van der Waals surface area contributed by atoms with Crippen molar-refractivity contribution in [2.75, 3.05) is 11.9 Å². The maximum Gasteiger partial charge on any atom is 0.305 e. The second-order valence-electron chi connectivity index (χ2n) is 4.19. The summed E-state index contributed by atoms with van der Waals surface area (Å²) in [5, 5.41) is 10.9. The lowest BCUT2D eigenvalue weighted by atomic mass is 10.2. The van der Waals surface area contributed by atoms with E-state index in [9.17, 15) is 18.0 Å². The molecule has 9 heteroatoms. The number of benzene rings is 1. The molecule has 0 heterocycles. The normalized spacial score (nSPS) is 12.7. The van der Waals surface area contributed by atoms with Gasteiger partial charge in [-0.3, -0.25) is 9.59 Å². The number of nitrogens with two attached hydrogens (primary N) is 1. The lowest BCUT2D eigenvalue weighted by Crippen LogP contribution is -2.38. The Balaban J connectivity index is 3.00. The molecule has 0 aliphatic carbocycles. The van der Waals surface area contributed by atoms with Crippen molar-refractivity contribution in [3.8, 4) is 0 Å². The molecule has 21 heavy (non-hydrogen) atoms. The minimum Gasteiger partial charge on any atom is -0.481 e. The van der Waals surface area contributed by atoms with Crippen LogP contribution in [0.3, 0.4) is 0 Å². The van der Waals surface area contributed by atoms with E-state index in [-0.39, 0.29) is 17.1 Å². The maximum atomic E-state index is 12.0. The topological polar surface area (TPSA) is 139 Å². The predicted octanol–water partition coefficient (Wildman–Crippen LogP) is -0.275. The summed E-state index contributed by atoms with van der Waals surface area (Å²) in [6, 6.07) is 4.52. The molecule has 8 nitrogen and oxygen atoms in total. The third-order valence-electron chi connectivity index (χ3n) is 2.50. The van der Waals surface area contributed by atoms with Gasteiger partial charge in [0.15, 0.2) is 0 Å². The van der Waals surface area contributed by atoms with Gasteiger partial charge >= 0.3 is 5.97 Å². The average molecular weight is 315 g/mol. The zero-order valence-electron chi connectivity index (χ0n) is 11.4. The van der Waals surface area contributed by atoms with Crippen LogP contribution in [0.25, 0.3) is 0 Å². The van der Waals surface area contributed by atoms with Gasteiger partial charge in [-0.15, -0.1) is 0 Å². The van der Waals surface area contributed by atoms with Crippen LogP contribution in [-0.4, -0.2) is 38.0 Å². The molecule has 0 radical (unpaired) electrons. The van der Waals surface area contributed by atoms with Crippen LogP contribution in [0, 0.1) is 0 Å². The molecule has 0 aliphatic heterocycles. The smallest absolute Gasteiger partial charge is 0.305 e. The number of anilines is 1. The Labute approximate surface area is 122 Å². The van der Waals surface area contributed by atoms with E-state index in [4.69, 9.17) is 10.8 Å². The summed E-state index contributed by atoms with van der Waals surface area (Å²) in [4.78, 5) is 22.2. The van der Waals surface area contributed by atoms with Gasteiger partial charge in [0.25, 0.3) is 0 Å². The lowest BCUT2D eigenvalue weighted by molar-refractivity contribution is -0.138. The van der Waals surface area contributed by atoms with Gasteiger partial charge in [0.05, 0.1) is 18.2 Å². The average Bonchev–Trinajstić information content (AvgIpc) is 2.38. The molecule has 116 valence electrons. The van der Waals surface area contributed by atoms with Crippen LogP contribution in [0.5, 0.6) is 0 Å². The Bertz CT molecular complexity index is 630. The minimum absolute atomic E-state index is 0.0456. The molecule has 1 rings (SSSR count). The van der Waals surface area contributed by atoms with E-state index < -0.39 is 34.4 Å². The van der Waals surface area contributed by atoms with Gasteiger partial charge < -0.3 is 16.2 Å². The molecule has 0 aromatic heterocycles. The molecule has 0 saturated carbocycles. The van der Waals surface area contributed by atoms with E-state index in [0.717, 1.165) is 0 Å². The number of carbonyl (C=O) groups is 2. The van der Waals surface area contributed by atoms with Crippen molar-refractivity contribution in [1.82, 2.24) is 4.72 Å². The fourth-order valence-electron chi connectivity index (χ4n) is 1.58. The molecule has 0 bridgehead atoms. The molecule has 1 amide bonds. The first kappa shape index (κ1) is 17.1. The van der Waals surface area contributed by atoms with Gasteiger partial charge in [0, 0.05) is 6.54 Å². The van der Waals surface area contributed by atoms with Crippen molar-refractivity contribution >= 4 is 27.6 Å². The Hall–Kier alpha value is -1.97. The number of hydrogen-bond acceptors (Lipinski definition) is 5. The van der Waals surface area contributed by atoms with Crippen molar-refractivity contribution in [3.63, 3.8) is 0 Å². The first-order chi connectivity index (χ1) is 9.77. The Morgan fingerprint density at radius 2 is 1.95 bits per heavy atom. The van der Waals surface area contributed by atoms with Gasteiger partial charge in [-0.25, -0.2) is 13.1 Å². The van der Waals surface area contributed by atoms with Crippen molar-refractivity contribution in [2.24, 2.45) is 5.73 Å². The van der Waals surface area contributed by atoms with Crippen LogP contribution in [0.2, 0.25) is 0 Å². The fourth-order valence-corrected chi connectivity index (χ4v) is 2.78. The summed E-state index contributed by atoms with van der Waals surface area (Å²) in [6.45, 7) is 1.82. The molecule has 1 aromatic rings. The van der Waals surface area contributed by atoms with E-state index in [1.807, 2.05) is 0 Å². The van der Waals surface area contributed by atoms with Crippen molar-refractivity contribution in [2.45, 2.75) is 24.3 Å². The highest BCUT2D eigenvalue weighted by Crippen LogP contribution is 2.20. The monoisotopic (exact) mass is 315 g/mol. The summed E-state index contributed by atoms with van der Waals surface area (Å²) < 4.78 is 26.3. The fraction of sp³-hybridized carbons (Fsp3) is 0.333. The number of rotatable bonds is 7. The third kappa shape index (κ3) is 4.81. The maximum absolute atomic E-state index is 12.0. The molecular formula is C12H17N3O5S. The third-order valence-corrected chi connectivity index (χ3v) is 4.10. The SMILES string of the molecule is CCNS(=O)(=O)c1ccccc1NC(=O)C(N)CC(=O)O. The molecule has 1 unspecified atom stereocenters. The highest BCUT2D eigenvalue weighted by atomic mass is 32.2. The van der Waals surface area contributed by atoms with E-state index in [2.05, 4.69) is 10.0 Å². The van der Waals surface area contributed by atoms with Gasteiger partial charge in [-0.1, -0.05) is 19.1 Å². The molecule has 5 N–H and O–H groups in total. The number of sulfonamides is 1. The van der Waals surface area contributed by atoms with Crippen LogP contribution in [0.15, 0.2) is 29.2 Å². The van der Waals surface area contributed by atoms with Crippen LogP contribution < -0.4 is 15.8 Å². The zero-order chi connectivity index (χ0) is 16.0. The van der Waals surface area contributed by atoms with Crippen LogP contribution >= 0.6 is 0 Å². The molecule has 1 aromatic carbocycles. The first-order valence-electron chi connectivity index (χ1n) is 6.15. The lowest BCUT2D eigenvalue weighted by Gasteiger charge is -2.14. The van der Waals surface area contributed by atoms with Crippen molar-refractivity contribution < 1.29 is 23.1 Å². The molecule has 0 aliphatic rings. The second kappa shape index (κ2) is 7.16. The molecular weight excluding hydrogens is 298 g/mol. The Morgan fingerprint density at radius 1 is 1.33 bits per heavy atom. The standard InChI is InChI=1S/C12H17N3O5S/c1-2-14-21(19,20)10-6-4-3-5-9(10)15-12(18)8(13)7-11(16)17/h3-6,8,14H,2,7,13H2,1H3,(H,15,18)(H,16,17). The van der Waals surface area contributed by atoms with E-state index >= 15 is 0 Å². The van der Waals surface area contributed by atoms with Crippen molar-refractivity contribution in [3.05, 3.63) is 24.3 Å². The summed E-state index contributed by atoms with van der Waals surface area (Å²) in [5.41, 5.74) is 5.47. The Kier molecular flexibility index (Phi) is 5.82. The highest BCUT2D eigenvalue weighted by molar-refractivity contribution is 7.89. The molecule has 0 saturated heterocycles. The van der Waals surface area contributed by atoms with Gasteiger partial charge in [-0.2, -0.15) is 0 Å². The summed E-state index contributed by atoms with van der Waals surface area (Å²) in [6.07, 6.45) is -0.548. The number of para-hydroxylation sites is 1. The van der Waals surface area contributed by atoms with Crippen LogP contribution in [0.4, 0.5) is 5.69 Å². The zero-order valence-corrected chi connectivity index (χ0v) is 12.2. The number of carbonyl (C=O) groups excluding carboxylic acids is 1. The number of carboxylic acids is 1. The van der Waals surface area contributed by atoms with Gasteiger partial charge in [0.2, 0.25) is 15.9 Å². The number of nitrogens with one attached hydrogen (secondary N) is 2. The molecule has 0 spiro atoms. The molecule has 0 fully saturated rings. The van der Waals surface area contributed by atoms with Crippen LogP contribution in [0.1, 0.15) is 13.3 Å². The number of aliphatic carboxylic acids is 1. The first-order valence-corrected chi connectivity index (χ1v) is 7.63. The highest BCUT2D eigenvalue weighted by Gasteiger charge is 2.21. The summed E-state index contributed by atoms with van der Waals surface area (Å²) in [7, 11) is -3.76. The van der Waals surface area contributed by atoms with Gasteiger partial charge in [0.1, 0.15) is 4.90 Å².